The largest absolute Gasteiger partial charge is 0.390 e. The van der Waals surface area contributed by atoms with Gasteiger partial charge in [-0.1, -0.05) is 6.92 Å². The number of nitrogens with zero attached hydrogens (tertiary/aromatic N) is 2. The third-order valence-corrected chi connectivity index (χ3v) is 3.38. The fourth-order valence-electron chi connectivity index (χ4n) is 2.18. The Hall–Kier alpha value is -0.120. The normalized spacial score (nSPS) is 42.2. The van der Waals surface area contributed by atoms with Crippen LogP contribution in [0.1, 0.15) is 20.3 Å². The van der Waals surface area contributed by atoms with Gasteiger partial charge in [0.2, 0.25) is 0 Å². The van der Waals surface area contributed by atoms with Crippen LogP contribution >= 0.6 is 0 Å². The summed E-state index contributed by atoms with van der Waals surface area (Å²) in [4.78, 5) is 4.80. The lowest BCUT2D eigenvalue weighted by Gasteiger charge is -2.28. The summed E-state index contributed by atoms with van der Waals surface area (Å²) in [6, 6.07) is 1.36. The van der Waals surface area contributed by atoms with E-state index in [2.05, 4.69) is 23.6 Å². The van der Waals surface area contributed by atoms with E-state index in [9.17, 15) is 5.11 Å². The van der Waals surface area contributed by atoms with Crippen molar-refractivity contribution in [3.63, 3.8) is 0 Å². The fraction of sp³-hybridized carbons (Fsp3) is 1.00. The maximum absolute atomic E-state index is 9.72. The Morgan fingerprint density at radius 2 is 2.08 bits per heavy atom. The molecule has 2 saturated heterocycles. The Kier molecular flexibility index (Phi) is 2.58. The van der Waals surface area contributed by atoms with Crippen molar-refractivity contribution in [2.75, 3.05) is 26.2 Å². The van der Waals surface area contributed by atoms with E-state index in [1.807, 2.05) is 0 Å². The van der Waals surface area contributed by atoms with Crippen molar-refractivity contribution in [2.45, 2.75) is 38.5 Å². The highest BCUT2D eigenvalue weighted by molar-refractivity contribution is 4.97. The van der Waals surface area contributed by atoms with Gasteiger partial charge in [-0.3, -0.25) is 9.80 Å². The van der Waals surface area contributed by atoms with Crippen LogP contribution in [0, 0.1) is 0 Å². The topological polar surface area (TPSA) is 26.5 Å². The number of rotatable bonds is 2. The summed E-state index contributed by atoms with van der Waals surface area (Å²) >= 11 is 0. The average Bonchev–Trinajstić information content (AvgIpc) is 2.80. The van der Waals surface area contributed by atoms with Crippen molar-refractivity contribution in [1.82, 2.24) is 9.80 Å². The van der Waals surface area contributed by atoms with Crippen LogP contribution in [-0.2, 0) is 0 Å². The van der Waals surface area contributed by atoms with Gasteiger partial charge in [0, 0.05) is 38.3 Å². The Morgan fingerprint density at radius 3 is 2.77 bits per heavy atom. The van der Waals surface area contributed by atoms with Crippen LogP contribution < -0.4 is 0 Å². The average molecular weight is 184 g/mol. The van der Waals surface area contributed by atoms with Crippen molar-refractivity contribution < 1.29 is 5.11 Å². The molecule has 3 nitrogen and oxygen atoms in total. The molecule has 0 aromatic carbocycles. The molecule has 13 heavy (non-hydrogen) atoms. The molecule has 1 N–H and O–H groups in total. The molecule has 4 atom stereocenters. The first-order chi connectivity index (χ1) is 6.20. The minimum atomic E-state index is -0.138. The zero-order chi connectivity index (χ0) is 9.42. The molecule has 0 spiro atoms. The van der Waals surface area contributed by atoms with Crippen LogP contribution in [0.2, 0.25) is 0 Å². The van der Waals surface area contributed by atoms with Crippen molar-refractivity contribution in [3.8, 4) is 0 Å². The molecular formula is C10H20N2O. The molecule has 0 radical (unpaired) electrons. The Labute approximate surface area is 80.3 Å². The number of hydrogen-bond acceptors (Lipinski definition) is 3. The van der Waals surface area contributed by atoms with Gasteiger partial charge in [-0.25, -0.2) is 0 Å². The molecule has 0 aliphatic carbocycles. The second-order valence-corrected chi connectivity index (χ2v) is 4.47. The molecule has 0 aromatic rings. The van der Waals surface area contributed by atoms with Crippen LogP contribution in [0.4, 0.5) is 0 Å². The highest BCUT2D eigenvalue weighted by Crippen LogP contribution is 2.23. The monoisotopic (exact) mass is 184 g/mol. The van der Waals surface area contributed by atoms with Gasteiger partial charge in [-0.15, -0.1) is 0 Å². The van der Waals surface area contributed by atoms with Gasteiger partial charge in [-0.05, 0) is 13.3 Å². The molecule has 2 rings (SSSR count). The Bertz CT molecular complexity index is 184. The zero-order valence-electron chi connectivity index (χ0n) is 8.61. The van der Waals surface area contributed by atoms with Crippen LogP contribution in [0.25, 0.3) is 0 Å². The minimum Gasteiger partial charge on any atom is -0.390 e. The second kappa shape index (κ2) is 3.56. The van der Waals surface area contributed by atoms with Crippen LogP contribution in [-0.4, -0.2) is 59.3 Å². The number of fused-ring (bicyclic) bond motifs is 1. The van der Waals surface area contributed by atoms with E-state index in [4.69, 9.17) is 0 Å². The van der Waals surface area contributed by atoms with E-state index >= 15 is 0 Å². The number of hydrogen-bond donors (Lipinski definition) is 1. The molecule has 0 saturated carbocycles. The molecule has 2 heterocycles. The summed E-state index contributed by atoms with van der Waals surface area (Å²) in [5.74, 6) is 0. The summed E-state index contributed by atoms with van der Waals surface area (Å²) in [6.45, 7) is 8.58. The lowest BCUT2D eigenvalue weighted by atomic mass is 10.2. The van der Waals surface area contributed by atoms with Crippen molar-refractivity contribution in [1.29, 1.82) is 0 Å². The predicted molar refractivity (Wildman–Crippen MR) is 52.7 cm³/mol. The first-order valence-electron chi connectivity index (χ1n) is 5.37. The Balaban J connectivity index is 1.94. The molecule has 0 amide bonds. The van der Waals surface area contributed by atoms with Crippen molar-refractivity contribution >= 4 is 0 Å². The fourth-order valence-corrected chi connectivity index (χ4v) is 2.18. The van der Waals surface area contributed by atoms with Crippen molar-refractivity contribution in [2.24, 2.45) is 0 Å². The molecule has 76 valence electrons. The van der Waals surface area contributed by atoms with E-state index < -0.39 is 0 Å². The molecule has 2 aliphatic heterocycles. The first-order valence-corrected chi connectivity index (χ1v) is 5.37. The molecular weight excluding hydrogens is 164 g/mol. The third kappa shape index (κ3) is 2.03. The predicted octanol–water partition coefficient (Wildman–Crippen LogP) is 0.146. The third-order valence-electron chi connectivity index (χ3n) is 3.38. The summed E-state index contributed by atoms with van der Waals surface area (Å²) in [6.07, 6.45) is 1.04. The molecule has 2 fully saturated rings. The van der Waals surface area contributed by atoms with Gasteiger partial charge < -0.3 is 5.11 Å². The summed E-state index contributed by atoms with van der Waals surface area (Å²) in [5, 5.41) is 9.72. The smallest absolute Gasteiger partial charge is 0.0794 e. The lowest BCUT2D eigenvalue weighted by Crippen LogP contribution is -2.40. The molecule has 3 heteroatoms. The van der Waals surface area contributed by atoms with E-state index in [-0.39, 0.29) is 6.10 Å². The summed E-state index contributed by atoms with van der Waals surface area (Å²) in [7, 11) is 0. The van der Waals surface area contributed by atoms with Crippen LogP contribution in [0.15, 0.2) is 0 Å². The highest BCUT2D eigenvalue weighted by Gasteiger charge is 2.40. The maximum Gasteiger partial charge on any atom is 0.0794 e. The van der Waals surface area contributed by atoms with Gasteiger partial charge >= 0.3 is 0 Å². The van der Waals surface area contributed by atoms with Crippen LogP contribution in [0.5, 0.6) is 0 Å². The van der Waals surface area contributed by atoms with Gasteiger partial charge in [0.15, 0.2) is 0 Å². The lowest BCUT2D eigenvalue weighted by molar-refractivity contribution is 0.0983. The van der Waals surface area contributed by atoms with Gasteiger partial charge in [-0.2, -0.15) is 0 Å². The van der Waals surface area contributed by atoms with E-state index in [1.165, 1.54) is 13.0 Å². The van der Waals surface area contributed by atoms with E-state index in [1.54, 1.807) is 0 Å². The molecule has 2 aliphatic rings. The quantitative estimate of drug-likeness (QED) is 0.619. The van der Waals surface area contributed by atoms with E-state index in [0.29, 0.717) is 6.04 Å². The number of β-amino-alcohol motifs (C(OH)–C–C–N with tert-alkyl or cyclic N) is 1. The number of aliphatic hydroxyl groups excluding tert-OH is 1. The Morgan fingerprint density at radius 1 is 1.31 bits per heavy atom. The zero-order valence-corrected chi connectivity index (χ0v) is 8.61. The van der Waals surface area contributed by atoms with Gasteiger partial charge in [0.1, 0.15) is 0 Å². The SMILES string of the molecule is CCC(C)N1CC(O)C[N@@]2CC2C1. The van der Waals surface area contributed by atoms with Crippen molar-refractivity contribution in [3.05, 3.63) is 0 Å². The standard InChI is InChI=1S/C10H20N2O/c1-3-8(2)11-4-9-5-12(9)7-10(13)6-11/h8-10,13H,3-7H2,1-2H3/t8?,9?,10?,12-/m1/s1. The highest BCUT2D eigenvalue weighted by atomic mass is 16.3. The maximum atomic E-state index is 9.72. The van der Waals surface area contributed by atoms with E-state index in [0.717, 1.165) is 25.7 Å². The van der Waals surface area contributed by atoms with Gasteiger partial charge in [0.05, 0.1) is 6.10 Å². The molecule has 0 aromatic heterocycles. The van der Waals surface area contributed by atoms with Gasteiger partial charge in [0.25, 0.3) is 0 Å². The van der Waals surface area contributed by atoms with Crippen LogP contribution in [0.3, 0.4) is 0 Å². The number of aliphatic hydroxyl groups is 1. The minimum absolute atomic E-state index is 0.138. The molecule has 0 bridgehead atoms. The second-order valence-electron chi connectivity index (χ2n) is 4.47. The first kappa shape index (κ1) is 9.44. The molecule has 3 unspecified atom stereocenters. The summed E-state index contributed by atoms with van der Waals surface area (Å²) in [5.41, 5.74) is 0. The summed E-state index contributed by atoms with van der Waals surface area (Å²) < 4.78 is 0.